The predicted octanol–water partition coefficient (Wildman–Crippen LogP) is 5.16. The van der Waals surface area contributed by atoms with E-state index in [1.54, 1.807) is 17.2 Å². The van der Waals surface area contributed by atoms with E-state index in [0.717, 1.165) is 35.9 Å². The minimum Gasteiger partial charge on any atom is -0.350 e. The van der Waals surface area contributed by atoms with Gasteiger partial charge in [-0.2, -0.15) is 0 Å². The maximum Gasteiger partial charge on any atom is 0.295 e. The largest absolute Gasteiger partial charge is 0.350 e. The second-order valence-electron chi connectivity index (χ2n) is 10.4. The van der Waals surface area contributed by atoms with E-state index in [-0.39, 0.29) is 17.8 Å². The number of rotatable bonds is 7. The highest BCUT2D eigenvalue weighted by Gasteiger charge is 2.29. The lowest BCUT2D eigenvalue weighted by Gasteiger charge is -2.32. The summed E-state index contributed by atoms with van der Waals surface area (Å²) in [5.41, 5.74) is 3.66. The Morgan fingerprint density at radius 3 is 2.30 bits per heavy atom. The van der Waals surface area contributed by atoms with Crippen LogP contribution in [0.4, 0.5) is 4.39 Å². The molecule has 0 unspecified atom stereocenters. The Bertz CT molecular complexity index is 1320. The first-order valence-corrected chi connectivity index (χ1v) is 13.1. The van der Waals surface area contributed by atoms with Crippen molar-refractivity contribution < 1.29 is 18.8 Å². The van der Waals surface area contributed by atoms with Crippen LogP contribution in [0.15, 0.2) is 42.6 Å². The van der Waals surface area contributed by atoms with Gasteiger partial charge < -0.3 is 14.4 Å². The van der Waals surface area contributed by atoms with Gasteiger partial charge in [-0.05, 0) is 88.3 Å². The van der Waals surface area contributed by atoms with Crippen molar-refractivity contribution >= 4 is 28.5 Å². The molecule has 2 amide bonds. The number of benzene rings is 2. The van der Waals surface area contributed by atoms with Crippen LogP contribution < -0.4 is 0 Å². The Hall–Kier alpha value is -3.48. The van der Waals surface area contributed by atoms with Crippen molar-refractivity contribution in [3.8, 4) is 0 Å². The van der Waals surface area contributed by atoms with Crippen molar-refractivity contribution in [1.82, 2.24) is 14.4 Å². The van der Waals surface area contributed by atoms with Crippen LogP contribution in [-0.4, -0.2) is 57.6 Å². The number of ketones is 1. The highest BCUT2D eigenvalue weighted by atomic mass is 19.1. The number of hydrogen-bond acceptors (Lipinski definition) is 3. The van der Waals surface area contributed by atoms with Gasteiger partial charge in [0.1, 0.15) is 5.82 Å². The molecule has 6 nitrogen and oxygen atoms in total. The number of carbonyl (C=O) groups excluding carboxylic acids is 3. The van der Waals surface area contributed by atoms with E-state index in [9.17, 15) is 18.8 Å². The van der Waals surface area contributed by atoms with Gasteiger partial charge in [0, 0.05) is 55.4 Å². The second-order valence-corrected chi connectivity index (χ2v) is 10.4. The van der Waals surface area contributed by atoms with Gasteiger partial charge >= 0.3 is 0 Å². The van der Waals surface area contributed by atoms with E-state index < -0.39 is 11.7 Å². The smallest absolute Gasteiger partial charge is 0.295 e. The van der Waals surface area contributed by atoms with Gasteiger partial charge in [-0.1, -0.05) is 12.1 Å². The molecule has 0 radical (unpaired) electrons. The van der Waals surface area contributed by atoms with Crippen molar-refractivity contribution in [3.63, 3.8) is 0 Å². The number of likely N-dealkylation sites (N-methyl/N-ethyl adjacent to an activating group) is 1. The number of nitrogens with zero attached hydrogens (tertiary/aromatic N) is 3. The fourth-order valence-corrected chi connectivity index (χ4v) is 5.40. The summed E-state index contributed by atoms with van der Waals surface area (Å²) in [5.74, 6) is -0.908. The Morgan fingerprint density at radius 2 is 1.70 bits per heavy atom. The summed E-state index contributed by atoms with van der Waals surface area (Å²) in [7, 11) is 1.84. The van der Waals surface area contributed by atoms with Gasteiger partial charge in [-0.15, -0.1) is 0 Å². The molecule has 0 aliphatic carbocycles. The summed E-state index contributed by atoms with van der Waals surface area (Å²) in [5, 5.41) is 0.626. The summed E-state index contributed by atoms with van der Waals surface area (Å²) in [6.07, 6.45) is 4.34. The van der Waals surface area contributed by atoms with Crippen LogP contribution in [0.25, 0.3) is 10.9 Å². The molecule has 1 aromatic heterocycles. The fourth-order valence-electron chi connectivity index (χ4n) is 5.40. The highest BCUT2D eigenvalue weighted by molar-refractivity contribution is 6.45. The third kappa shape index (κ3) is 5.45. The van der Waals surface area contributed by atoms with E-state index in [1.807, 2.05) is 62.4 Å². The highest BCUT2D eigenvalue weighted by Crippen LogP contribution is 2.28. The summed E-state index contributed by atoms with van der Waals surface area (Å²) < 4.78 is 15.0. The van der Waals surface area contributed by atoms with Crippen molar-refractivity contribution in [1.29, 1.82) is 0 Å². The molecule has 3 aromatic rings. The Kier molecular flexibility index (Phi) is 7.81. The van der Waals surface area contributed by atoms with E-state index >= 15 is 0 Å². The molecule has 0 bridgehead atoms. The molecule has 0 atom stereocenters. The Labute approximate surface area is 218 Å². The lowest BCUT2D eigenvalue weighted by Crippen LogP contribution is -2.41. The normalized spacial score (nSPS) is 14.4. The molecule has 1 aliphatic rings. The summed E-state index contributed by atoms with van der Waals surface area (Å²) in [4.78, 5) is 43.2. The van der Waals surface area contributed by atoms with Crippen molar-refractivity contribution in [2.45, 2.75) is 53.0 Å². The monoisotopic (exact) mass is 505 g/mol. The summed E-state index contributed by atoms with van der Waals surface area (Å²) in [6, 6.07) is 10.3. The van der Waals surface area contributed by atoms with Crippen LogP contribution in [0.1, 0.15) is 65.5 Å². The van der Waals surface area contributed by atoms with Gasteiger partial charge in [0.15, 0.2) is 0 Å². The molecule has 37 heavy (non-hydrogen) atoms. The lowest BCUT2D eigenvalue weighted by molar-refractivity contribution is -0.127. The van der Waals surface area contributed by atoms with E-state index in [1.165, 1.54) is 12.1 Å². The number of likely N-dealkylation sites (tertiary alicyclic amines) is 1. The molecule has 196 valence electrons. The summed E-state index contributed by atoms with van der Waals surface area (Å²) >= 11 is 0. The van der Waals surface area contributed by atoms with Gasteiger partial charge in [-0.25, -0.2) is 4.39 Å². The molecule has 2 aromatic carbocycles. The average Bonchev–Trinajstić information content (AvgIpc) is 3.19. The third-order valence-electron chi connectivity index (χ3n) is 7.57. The predicted molar refractivity (Wildman–Crippen MR) is 143 cm³/mol. The molecule has 7 heteroatoms. The van der Waals surface area contributed by atoms with Crippen LogP contribution >= 0.6 is 0 Å². The molecule has 0 spiro atoms. The number of carbonyl (C=O) groups is 3. The van der Waals surface area contributed by atoms with Gasteiger partial charge in [0.25, 0.3) is 17.6 Å². The second kappa shape index (κ2) is 10.9. The topological polar surface area (TPSA) is 62.6 Å². The maximum atomic E-state index is 13.5. The fraction of sp³-hybridized carbons (Fsp3) is 0.433. The quantitative estimate of drug-likeness (QED) is 0.329. The molecule has 1 saturated heterocycles. The molecule has 0 saturated carbocycles. The molecule has 4 rings (SSSR count). The number of aryl methyl sites for hydroxylation is 2. The molecule has 1 fully saturated rings. The molecular formula is C30H36FN3O3. The summed E-state index contributed by atoms with van der Waals surface area (Å²) in [6.45, 7) is 9.30. The number of halogens is 1. The molecule has 1 aliphatic heterocycles. The van der Waals surface area contributed by atoms with Crippen LogP contribution in [0.2, 0.25) is 0 Å². The number of fused-ring (bicyclic) bond motifs is 1. The minimum atomic E-state index is -0.551. The number of aromatic nitrogens is 1. The SMILES string of the molecule is CCN(C(=O)C(=O)c1cn(C)c2cc(C)c(C(=O)N3CCC(Cc4ccc(F)cc4)CC3)cc12)C(C)C. The number of piperidine rings is 1. The van der Waals surface area contributed by atoms with Crippen LogP contribution in [-0.2, 0) is 18.3 Å². The zero-order chi connectivity index (χ0) is 26.9. The molecular weight excluding hydrogens is 469 g/mol. The lowest BCUT2D eigenvalue weighted by atomic mass is 9.89. The Morgan fingerprint density at radius 1 is 1.05 bits per heavy atom. The Balaban J connectivity index is 1.54. The van der Waals surface area contributed by atoms with Crippen molar-refractivity contribution in [3.05, 3.63) is 70.7 Å². The van der Waals surface area contributed by atoms with Crippen LogP contribution in [0, 0.1) is 18.7 Å². The van der Waals surface area contributed by atoms with Gasteiger partial charge in [0.2, 0.25) is 0 Å². The molecule has 2 heterocycles. The van der Waals surface area contributed by atoms with Gasteiger partial charge in [-0.3, -0.25) is 14.4 Å². The van der Waals surface area contributed by atoms with Crippen molar-refractivity contribution in [2.24, 2.45) is 13.0 Å². The standard InChI is InChI=1S/C30H36FN3O3/c1-6-34(19(2)3)30(37)28(35)26-18-32(5)27-15-20(4)24(17-25(26)27)29(36)33-13-11-22(12-14-33)16-21-7-9-23(31)10-8-21/h7-10,15,17-19,22H,6,11-14,16H2,1-5H3. The number of hydrogen-bond donors (Lipinski definition) is 0. The number of Topliss-reactive ketones (excluding diaryl/α,β-unsaturated/α-hetero) is 1. The van der Waals surface area contributed by atoms with E-state index in [0.29, 0.717) is 42.1 Å². The van der Waals surface area contributed by atoms with Gasteiger partial charge in [0.05, 0.1) is 5.56 Å². The maximum absolute atomic E-state index is 13.5. The third-order valence-corrected chi connectivity index (χ3v) is 7.57. The average molecular weight is 506 g/mol. The van der Waals surface area contributed by atoms with Crippen molar-refractivity contribution in [2.75, 3.05) is 19.6 Å². The zero-order valence-electron chi connectivity index (χ0n) is 22.4. The van der Waals surface area contributed by atoms with Crippen LogP contribution in [0.5, 0.6) is 0 Å². The minimum absolute atomic E-state index is 0.0504. The first kappa shape index (κ1) is 26.6. The molecule has 0 N–H and O–H groups in total. The first-order valence-electron chi connectivity index (χ1n) is 13.1. The number of amides is 2. The van der Waals surface area contributed by atoms with Crippen LogP contribution in [0.3, 0.4) is 0 Å². The van der Waals surface area contributed by atoms with E-state index in [4.69, 9.17) is 0 Å². The zero-order valence-corrected chi connectivity index (χ0v) is 22.4. The first-order chi connectivity index (χ1) is 17.6. The van der Waals surface area contributed by atoms with E-state index in [2.05, 4.69) is 0 Å².